The lowest BCUT2D eigenvalue weighted by atomic mass is 10.1. The summed E-state index contributed by atoms with van der Waals surface area (Å²) in [6, 6.07) is 17.5. The first-order valence-corrected chi connectivity index (χ1v) is 7.33. The number of hydrogen-bond donors (Lipinski definition) is 0. The molecule has 3 aromatic rings. The molecule has 0 bridgehead atoms. The van der Waals surface area contributed by atoms with Crippen LogP contribution in [0.15, 0.2) is 71.2 Å². The van der Waals surface area contributed by atoms with Crippen molar-refractivity contribution in [1.29, 1.82) is 0 Å². The second-order valence-corrected chi connectivity index (χ2v) is 4.92. The number of hydrogen-bond acceptors (Lipinski definition) is 5. The van der Waals surface area contributed by atoms with Crippen molar-refractivity contribution in [2.24, 2.45) is 9.98 Å². The molecule has 0 amide bonds. The van der Waals surface area contributed by atoms with Crippen LogP contribution < -0.4 is 0 Å². The summed E-state index contributed by atoms with van der Waals surface area (Å²) in [6.07, 6.45) is 3.48. The Morgan fingerprint density at radius 1 is 0.833 bits per heavy atom. The number of rotatable bonds is 5. The quantitative estimate of drug-likeness (QED) is 0.661. The summed E-state index contributed by atoms with van der Waals surface area (Å²) in [4.78, 5) is 21.0. The molecule has 0 aliphatic rings. The summed E-state index contributed by atoms with van der Waals surface area (Å²) in [5.41, 5.74) is 2.82. The molecule has 0 saturated heterocycles. The highest BCUT2D eigenvalue weighted by atomic mass is 15.2. The average molecular weight is 313 g/mol. The Labute approximate surface area is 140 Å². The Morgan fingerprint density at radius 3 is 2.33 bits per heavy atom. The van der Waals surface area contributed by atoms with E-state index in [9.17, 15) is 0 Å². The van der Waals surface area contributed by atoms with E-state index in [1.165, 1.54) is 0 Å². The Bertz CT molecular complexity index is 901. The van der Waals surface area contributed by atoms with Gasteiger partial charge < -0.3 is 0 Å². The van der Waals surface area contributed by atoms with Gasteiger partial charge in [0.2, 0.25) is 0 Å². The van der Waals surface area contributed by atoms with Gasteiger partial charge in [-0.05, 0) is 23.9 Å². The molecule has 0 aliphatic carbocycles. The zero-order valence-corrected chi connectivity index (χ0v) is 13.0. The molecule has 0 saturated carbocycles. The largest absolute Gasteiger partial charge is 0.254 e. The SMILES string of the molecule is C=Cc1cccc(/C=N\c2nc(N=C)nc(-c3ccccc3)n2)c1. The molecule has 0 fully saturated rings. The smallest absolute Gasteiger partial charge is 0.228 e. The van der Waals surface area contributed by atoms with Crippen LogP contribution in [-0.4, -0.2) is 27.9 Å². The van der Waals surface area contributed by atoms with Gasteiger partial charge in [0.1, 0.15) is 0 Å². The van der Waals surface area contributed by atoms with E-state index in [-0.39, 0.29) is 11.9 Å². The molecular weight excluding hydrogens is 298 g/mol. The standard InChI is InChI=1S/C19H15N5/c1-3-14-8-7-9-15(12-14)13-21-19-23-17(22-18(20-2)24-19)16-10-5-4-6-11-16/h3-13H,1-2H2/b21-13-. The van der Waals surface area contributed by atoms with Gasteiger partial charge in [0.05, 0.1) is 0 Å². The summed E-state index contributed by atoms with van der Waals surface area (Å²) in [5.74, 6) is 1.05. The van der Waals surface area contributed by atoms with Crippen LogP contribution in [0, 0.1) is 0 Å². The molecule has 1 heterocycles. The van der Waals surface area contributed by atoms with Crippen molar-refractivity contribution >= 4 is 30.9 Å². The molecule has 0 N–H and O–H groups in total. The van der Waals surface area contributed by atoms with E-state index in [1.807, 2.05) is 54.6 Å². The van der Waals surface area contributed by atoms with E-state index in [1.54, 1.807) is 12.3 Å². The fraction of sp³-hybridized carbons (Fsp3) is 0. The fourth-order valence-corrected chi connectivity index (χ4v) is 2.10. The number of nitrogens with zero attached hydrogens (tertiary/aromatic N) is 5. The predicted octanol–water partition coefficient (Wildman–Crippen LogP) is 4.26. The normalized spacial score (nSPS) is 10.7. The van der Waals surface area contributed by atoms with Crippen molar-refractivity contribution < 1.29 is 0 Å². The first-order valence-electron chi connectivity index (χ1n) is 7.33. The maximum Gasteiger partial charge on any atom is 0.254 e. The highest BCUT2D eigenvalue weighted by molar-refractivity contribution is 5.82. The monoisotopic (exact) mass is 313 g/mol. The van der Waals surface area contributed by atoms with Gasteiger partial charge in [-0.1, -0.05) is 61.2 Å². The predicted molar refractivity (Wildman–Crippen MR) is 98.3 cm³/mol. The molecule has 0 aliphatic heterocycles. The van der Waals surface area contributed by atoms with Gasteiger partial charge in [0, 0.05) is 11.8 Å². The molecule has 5 nitrogen and oxygen atoms in total. The minimum atomic E-state index is 0.246. The minimum Gasteiger partial charge on any atom is -0.228 e. The van der Waals surface area contributed by atoms with Crippen LogP contribution in [0.1, 0.15) is 11.1 Å². The van der Waals surface area contributed by atoms with Gasteiger partial charge in [0.25, 0.3) is 11.9 Å². The first kappa shape index (κ1) is 15.4. The van der Waals surface area contributed by atoms with Crippen LogP contribution in [0.3, 0.4) is 0 Å². The van der Waals surface area contributed by atoms with E-state index in [2.05, 4.69) is 38.2 Å². The molecule has 3 rings (SSSR count). The molecule has 116 valence electrons. The van der Waals surface area contributed by atoms with Crippen LogP contribution in [0.5, 0.6) is 0 Å². The average Bonchev–Trinajstić information content (AvgIpc) is 2.67. The summed E-state index contributed by atoms with van der Waals surface area (Å²) < 4.78 is 0. The van der Waals surface area contributed by atoms with Crippen molar-refractivity contribution in [3.05, 3.63) is 72.3 Å². The van der Waals surface area contributed by atoms with E-state index in [4.69, 9.17) is 0 Å². The van der Waals surface area contributed by atoms with Gasteiger partial charge in [-0.3, -0.25) is 0 Å². The van der Waals surface area contributed by atoms with Gasteiger partial charge >= 0.3 is 0 Å². The lowest BCUT2D eigenvalue weighted by Crippen LogP contribution is -1.93. The Hall–Kier alpha value is -3.47. The second-order valence-electron chi connectivity index (χ2n) is 4.92. The second kappa shape index (κ2) is 7.19. The van der Waals surface area contributed by atoms with Crippen molar-refractivity contribution in [3.63, 3.8) is 0 Å². The molecule has 24 heavy (non-hydrogen) atoms. The van der Waals surface area contributed by atoms with Gasteiger partial charge in [0.15, 0.2) is 5.82 Å². The van der Waals surface area contributed by atoms with Gasteiger partial charge in [-0.25, -0.2) is 9.98 Å². The van der Waals surface area contributed by atoms with Crippen LogP contribution in [0.4, 0.5) is 11.9 Å². The zero-order chi connectivity index (χ0) is 16.8. The Kier molecular flexibility index (Phi) is 4.62. The topological polar surface area (TPSA) is 63.4 Å². The Morgan fingerprint density at radius 2 is 1.58 bits per heavy atom. The lowest BCUT2D eigenvalue weighted by molar-refractivity contribution is 1.04. The third kappa shape index (κ3) is 3.64. The van der Waals surface area contributed by atoms with Gasteiger partial charge in [-0.2, -0.15) is 15.0 Å². The van der Waals surface area contributed by atoms with Crippen LogP contribution in [-0.2, 0) is 0 Å². The molecule has 5 heteroatoms. The number of benzene rings is 2. The van der Waals surface area contributed by atoms with Crippen molar-refractivity contribution in [1.82, 2.24) is 15.0 Å². The summed E-state index contributed by atoms with van der Waals surface area (Å²) in [6.45, 7) is 7.24. The van der Waals surface area contributed by atoms with Gasteiger partial charge in [-0.15, -0.1) is 0 Å². The number of aliphatic imine (C=N–C) groups is 2. The Balaban J connectivity index is 1.96. The first-order chi connectivity index (χ1) is 11.8. The molecule has 0 spiro atoms. The zero-order valence-electron chi connectivity index (χ0n) is 13.0. The van der Waals surface area contributed by atoms with Crippen LogP contribution in [0.25, 0.3) is 17.5 Å². The third-order valence-corrected chi connectivity index (χ3v) is 3.26. The summed E-state index contributed by atoms with van der Waals surface area (Å²) in [7, 11) is 0. The van der Waals surface area contributed by atoms with E-state index < -0.39 is 0 Å². The van der Waals surface area contributed by atoms with E-state index in [0.29, 0.717) is 5.82 Å². The van der Waals surface area contributed by atoms with Crippen molar-refractivity contribution in [2.75, 3.05) is 0 Å². The maximum absolute atomic E-state index is 4.38. The third-order valence-electron chi connectivity index (χ3n) is 3.26. The highest BCUT2D eigenvalue weighted by Crippen LogP contribution is 2.19. The van der Waals surface area contributed by atoms with E-state index in [0.717, 1.165) is 16.7 Å². The van der Waals surface area contributed by atoms with E-state index >= 15 is 0 Å². The van der Waals surface area contributed by atoms with Crippen LogP contribution >= 0.6 is 0 Å². The maximum atomic E-state index is 4.38. The van der Waals surface area contributed by atoms with Crippen molar-refractivity contribution in [2.45, 2.75) is 0 Å². The van der Waals surface area contributed by atoms with Crippen molar-refractivity contribution in [3.8, 4) is 11.4 Å². The molecule has 2 aromatic carbocycles. The minimum absolute atomic E-state index is 0.246. The summed E-state index contributed by atoms with van der Waals surface area (Å²) in [5, 5.41) is 0. The molecule has 0 atom stereocenters. The number of aromatic nitrogens is 3. The molecule has 0 unspecified atom stereocenters. The fourth-order valence-electron chi connectivity index (χ4n) is 2.10. The molecule has 0 radical (unpaired) electrons. The van der Waals surface area contributed by atoms with Crippen LogP contribution in [0.2, 0.25) is 0 Å². The highest BCUT2D eigenvalue weighted by Gasteiger charge is 2.06. The lowest BCUT2D eigenvalue weighted by Gasteiger charge is -2.02. The summed E-state index contributed by atoms with van der Waals surface area (Å²) >= 11 is 0. The molecular formula is C19H15N5. The molecule has 1 aromatic heterocycles.